The molecule has 0 aliphatic heterocycles. The summed E-state index contributed by atoms with van der Waals surface area (Å²) in [4.78, 5) is 4.04. The minimum atomic E-state index is 0.395. The highest BCUT2D eigenvalue weighted by Crippen LogP contribution is 2.20. The van der Waals surface area contributed by atoms with Crippen LogP contribution in [0.25, 0.3) is 11.3 Å². The van der Waals surface area contributed by atoms with Gasteiger partial charge in [0.2, 0.25) is 0 Å². The molecular weight excluding hydrogens is 204 g/mol. The summed E-state index contributed by atoms with van der Waals surface area (Å²) in [7, 11) is 0. The van der Waals surface area contributed by atoms with Crippen LogP contribution in [-0.2, 0) is 0 Å². The summed E-state index contributed by atoms with van der Waals surface area (Å²) >= 11 is 0. The van der Waals surface area contributed by atoms with E-state index in [2.05, 4.69) is 15.2 Å². The molecule has 16 heavy (non-hydrogen) atoms. The van der Waals surface area contributed by atoms with E-state index in [1.165, 1.54) is 0 Å². The van der Waals surface area contributed by atoms with Gasteiger partial charge in [-0.3, -0.25) is 15.8 Å². The average Bonchev–Trinajstić information content (AvgIpc) is 2.78. The lowest BCUT2D eigenvalue weighted by molar-refractivity contribution is 0.234. The van der Waals surface area contributed by atoms with Crippen LogP contribution in [0, 0.1) is 0 Å². The van der Waals surface area contributed by atoms with Crippen molar-refractivity contribution in [1.29, 1.82) is 0 Å². The minimum absolute atomic E-state index is 0.395. The molecule has 0 saturated carbocycles. The normalized spacial score (nSPS) is 11.5. The van der Waals surface area contributed by atoms with Gasteiger partial charge in [0.15, 0.2) is 5.82 Å². The Bertz CT molecular complexity index is 490. The van der Waals surface area contributed by atoms with Crippen LogP contribution in [0.15, 0.2) is 41.4 Å². The molecule has 1 heterocycles. The van der Waals surface area contributed by atoms with Crippen LogP contribution >= 0.6 is 0 Å². The third kappa shape index (κ3) is 2.26. The van der Waals surface area contributed by atoms with E-state index < -0.39 is 0 Å². The van der Waals surface area contributed by atoms with Crippen molar-refractivity contribution in [3.8, 4) is 11.3 Å². The van der Waals surface area contributed by atoms with E-state index in [9.17, 15) is 0 Å². The lowest BCUT2D eigenvalue weighted by atomic mass is 10.2. The van der Waals surface area contributed by atoms with Gasteiger partial charge in [-0.05, 0) is 12.5 Å². The molecule has 5 heteroatoms. The smallest absolute Gasteiger partial charge is 0.176 e. The molecule has 2 rings (SSSR count). The van der Waals surface area contributed by atoms with Crippen molar-refractivity contribution in [2.24, 2.45) is 4.99 Å². The van der Waals surface area contributed by atoms with Crippen molar-refractivity contribution >= 4 is 11.7 Å². The molecule has 0 aliphatic carbocycles. The number of hydrogen-bond acceptors (Lipinski definition) is 3. The Morgan fingerprint density at radius 1 is 1.38 bits per heavy atom. The van der Waals surface area contributed by atoms with E-state index in [-0.39, 0.29) is 0 Å². The molecule has 0 atom stereocenters. The zero-order valence-corrected chi connectivity index (χ0v) is 8.81. The van der Waals surface area contributed by atoms with Gasteiger partial charge < -0.3 is 0 Å². The first-order valence-electron chi connectivity index (χ1n) is 4.86. The third-order valence-electron chi connectivity index (χ3n) is 2.09. The molecule has 1 aromatic heterocycles. The number of benzene rings is 1. The van der Waals surface area contributed by atoms with Gasteiger partial charge in [0.05, 0.1) is 5.69 Å². The van der Waals surface area contributed by atoms with E-state index in [1.54, 1.807) is 6.92 Å². The Balaban J connectivity index is 2.27. The number of rotatable bonds is 2. The van der Waals surface area contributed by atoms with Crippen LogP contribution in [0.1, 0.15) is 6.92 Å². The molecule has 0 aliphatic rings. The van der Waals surface area contributed by atoms with Crippen molar-refractivity contribution in [1.82, 2.24) is 15.7 Å². The maximum Gasteiger partial charge on any atom is 0.176 e. The lowest BCUT2D eigenvalue weighted by Gasteiger charge is -1.94. The summed E-state index contributed by atoms with van der Waals surface area (Å²) < 4.78 is 0. The van der Waals surface area contributed by atoms with Crippen LogP contribution in [0.3, 0.4) is 0 Å². The van der Waals surface area contributed by atoms with Gasteiger partial charge in [-0.2, -0.15) is 5.10 Å². The first kappa shape index (κ1) is 10.4. The minimum Gasteiger partial charge on any atom is -0.290 e. The molecule has 0 saturated heterocycles. The molecule has 1 aromatic carbocycles. The van der Waals surface area contributed by atoms with Crippen molar-refractivity contribution < 1.29 is 5.21 Å². The fourth-order valence-electron chi connectivity index (χ4n) is 1.33. The van der Waals surface area contributed by atoms with E-state index >= 15 is 0 Å². The van der Waals surface area contributed by atoms with Gasteiger partial charge in [-0.1, -0.05) is 30.3 Å². The van der Waals surface area contributed by atoms with Crippen LogP contribution in [0.2, 0.25) is 0 Å². The maximum absolute atomic E-state index is 8.60. The highest BCUT2D eigenvalue weighted by molar-refractivity contribution is 5.81. The number of nitrogens with zero attached hydrogens (tertiary/aromatic N) is 2. The SMILES string of the molecule is CC(=Nc1cc(-c2ccccc2)[nH]n1)NO. The first-order valence-corrected chi connectivity index (χ1v) is 4.86. The molecule has 3 N–H and O–H groups in total. The third-order valence-corrected chi connectivity index (χ3v) is 2.09. The fraction of sp³-hybridized carbons (Fsp3) is 0.0909. The Kier molecular flexibility index (Phi) is 2.98. The number of nitrogens with one attached hydrogen (secondary N) is 2. The summed E-state index contributed by atoms with van der Waals surface area (Å²) in [6, 6.07) is 11.7. The summed E-state index contributed by atoms with van der Waals surface area (Å²) in [6.07, 6.45) is 0. The second-order valence-corrected chi connectivity index (χ2v) is 3.31. The van der Waals surface area contributed by atoms with Gasteiger partial charge in [0.1, 0.15) is 5.84 Å². The van der Waals surface area contributed by atoms with Crippen molar-refractivity contribution in [3.63, 3.8) is 0 Å². The summed E-state index contributed by atoms with van der Waals surface area (Å²) in [6.45, 7) is 1.65. The van der Waals surface area contributed by atoms with Gasteiger partial charge in [-0.25, -0.2) is 4.99 Å². The lowest BCUT2D eigenvalue weighted by Crippen LogP contribution is -2.13. The van der Waals surface area contributed by atoms with E-state index in [0.717, 1.165) is 11.3 Å². The Labute approximate surface area is 92.8 Å². The highest BCUT2D eigenvalue weighted by Gasteiger charge is 2.01. The summed E-state index contributed by atoms with van der Waals surface area (Å²) in [5.41, 5.74) is 3.90. The fourth-order valence-corrected chi connectivity index (χ4v) is 1.33. The average molecular weight is 216 g/mol. The monoisotopic (exact) mass is 216 g/mol. The first-order chi connectivity index (χ1) is 7.79. The number of amidine groups is 1. The molecule has 0 radical (unpaired) electrons. The van der Waals surface area contributed by atoms with Gasteiger partial charge in [-0.15, -0.1) is 0 Å². The number of H-pyrrole nitrogens is 1. The highest BCUT2D eigenvalue weighted by atomic mass is 16.5. The number of aromatic amines is 1. The molecular formula is C11H12N4O. The molecule has 5 nitrogen and oxygen atoms in total. The molecule has 0 bridgehead atoms. The van der Waals surface area contributed by atoms with Gasteiger partial charge in [0.25, 0.3) is 0 Å². The zero-order chi connectivity index (χ0) is 11.4. The van der Waals surface area contributed by atoms with Crippen LogP contribution in [-0.4, -0.2) is 21.2 Å². The largest absolute Gasteiger partial charge is 0.290 e. The van der Waals surface area contributed by atoms with Gasteiger partial charge >= 0.3 is 0 Å². The zero-order valence-electron chi connectivity index (χ0n) is 8.81. The van der Waals surface area contributed by atoms with Crippen molar-refractivity contribution in [2.45, 2.75) is 6.92 Å². The summed E-state index contributed by atoms with van der Waals surface area (Å²) in [5.74, 6) is 0.920. The Morgan fingerprint density at radius 2 is 2.12 bits per heavy atom. The van der Waals surface area contributed by atoms with Crippen LogP contribution in [0.5, 0.6) is 0 Å². The number of aromatic nitrogens is 2. The molecule has 82 valence electrons. The van der Waals surface area contributed by atoms with Crippen molar-refractivity contribution in [2.75, 3.05) is 0 Å². The molecule has 0 fully saturated rings. The molecule has 0 amide bonds. The van der Waals surface area contributed by atoms with E-state index in [1.807, 2.05) is 41.9 Å². The molecule has 0 spiro atoms. The summed E-state index contributed by atoms with van der Waals surface area (Å²) in [5, 5.41) is 15.5. The predicted octanol–water partition coefficient (Wildman–Crippen LogP) is 2.11. The number of aliphatic imine (C=N–C) groups is 1. The van der Waals surface area contributed by atoms with E-state index in [0.29, 0.717) is 11.7 Å². The van der Waals surface area contributed by atoms with Crippen LogP contribution < -0.4 is 5.48 Å². The quantitative estimate of drug-likeness (QED) is 0.409. The standard InChI is InChI=1S/C11H12N4O/c1-8(15-16)12-11-7-10(13-14-11)9-5-3-2-4-6-9/h2-7,16H,1H3,(H2,12,13,14,15). The second kappa shape index (κ2) is 4.59. The molecule has 0 unspecified atom stereocenters. The predicted molar refractivity (Wildman–Crippen MR) is 61.7 cm³/mol. The topological polar surface area (TPSA) is 73.3 Å². The molecule has 2 aromatic rings. The van der Waals surface area contributed by atoms with Crippen LogP contribution in [0.4, 0.5) is 5.82 Å². The maximum atomic E-state index is 8.60. The Hall–Kier alpha value is -2.14. The number of hydrogen-bond donors (Lipinski definition) is 3. The number of hydroxylamine groups is 1. The Morgan fingerprint density at radius 3 is 2.81 bits per heavy atom. The second-order valence-electron chi connectivity index (χ2n) is 3.31. The van der Waals surface area contributed by atoms with Crippen molar-refractivity contribution in [3.05, 3.63) is 36.4 Å². The van der Waals surface area contributed by atoms with E-state index in [4.69, 9.17) is 5.21 Å². The van der Waals surface area contributed by atoms with Gasteiger partial charge in [0, 0.05) is 6.07 Å².